The summed E-state index contributed by atoms with van der Waals surface area (Å²) in [5.41, 5.74) is -2.58. The van der Waals surface area contributed by atoms with Crippen molar-refractivity contribution in [2.45, 2.75) is 64.5 Å². The number of thioether (sulfide) groups is 1. The minimum Gasteiger partial charge on any atom is -0.477 e. The number of ether oxygens (including phenoxy) is 2. The highest BCUT2D eigenvalue weighted by Crippen LogP contribution is 2.39. The van der Waals surface area contributed by atoms with Crippen LogP contribution < -0.4 is 0 Å². The molecule has 1 heterocycles. The van der Waals surface area contributed by atoms with Gasteiger partial charge in [-0.2, -0.15) is 0 Å². The predicted molar refractivity (Wildman–Crippen MR) is 131 cm³/mol. The van der Waals surface area contributed by atoms with Gasteiger partial charge in [0.2, 0.25) is 0 Å². The molecule has 34 heavy (non-hydrogen) atoms. The molecule has 0 bridgehead atoms. The molecule has 0 aliphatic carbocycles. The van der Waals surface area contributed by atoms with E-state index in [-0.39, 0.29) is 22.4 Å². The van der Waals surface area contributed by atoms with Gasteiger partial charge in [-0.1, -0.05) is 31.8 Å². The summed E-state index contributed by atoms with van der Waals surface area (Å²) in [7, 11) is -1.40. The van der Waals surface area contributed by atoms with Crippen LogP contribution in [0.1, 0.15) is 33.3 Å². The lowest BCUT2D eigenvalue weighted by Crippen LogP contribution is -2.43. The number of hydrogen-bond donors (Lipinski definition) is 1. The molecule has 1 aromatic carbocycles. The van der Waals surface area contributed by atoms with Crippen molar-refractivity contribution in [3.8, 4) is 0 Å². The molecule has 188 valence electrons. The van der Waals surface area contributed by atoms with Gasteiger partial charge in [0.1, 0.15) is 17.9 Å². The quantitative estimate of drug-likeness (QED) is 0.281. The summed E-state index contributed by atoms with van der Waals surface area (Å²) < 4.78 is 39.9. The van der Waals surface area contributed by atoms with Crippen molar-refractivity contribution < 1.29 is 33.0 Å². The molecule has 0 fully saturated rings. The number of carboxylic acids is 1. The first-order chi connectivity index (χ1) is 15.5. The van der Waals surface area contributed by atoms with Crippen molar-refractivity contribution in [3.63, 3.8) is 0 Å². The van der Waals surface area contributed by atoms with Crippen molar-refractivity contribution in [2.75, 3.05) is 13.3 Å². The normalized spacial score (nSPS) is 18.7. The Hall–Kier alpha value is -2.24. The van der Waals surface area contributed by atoms with Crippen LogP contribution in [0.2, 0.25) is 25.7 Å². The number of aliphatic imine (C=N–C) groups is 1. The molecule has 1 aliphatic heterocycles. The third-order valence-electron chi connectivity index (χ3n) is 4.71. The highest BCUT2D eigenvalue weighted by atomic mass is 32.2. The number of carbonyl (C=O) groups excluding carboxylic acids is 1. The molecule has 0 radical (unpaired) electrons. The molecule has 1 N–H and O–H groups in total. The molecule has 1 aliphatic rings. The molecule has 0 aromatic heterocycles. The maximum Gasteiger partial charge on any atom is 0.418 e. The van der Waals surface area contributed by atoms with E-state index in [1.165, 1.54) is 25.1 Å². The van der Waals surface area contributed by atoms with Crippen molar-refractivity contribution in [1.29, 1.82) is 0 Å². The van der Waals surface area contributed by atoms with Crippen LogP contribution >= 0.6 is 11.8 Å². The van der Waals surface area contributed by atoms with E-state index in [4.69, 9.17) is 9.47 Å². The van der Waals surface area contributed by atoms with Gasteiger partial charge >= 0.3 is 12.1 Å². The van der Waals surface area contributed by atoms with Crippen molar-refractivity contribution in [1.82, 2.24) is 4.90 Å². The zero-order valence-corrected chi connectivity index (χ0v) is 22.4. The lowest BCUT2D eigenvalue weighted by Gasteiger charge is -2.33. The highest BCUT2D eigenvalue weighted by molar-refractivity contribution is 8.17. The van der Waals surface area contributed by atoms with E-state index >= 15 is 0 Å². The number of carbonyl (C=O) groups is 2. The average molecular weight is 515 g/mol. The number of carboxylic acid groups (broad SMARTS) is 1. The average Bonchev–Trinajstić information content (AvgIpc) is 2.67. The fourth-order valence-corrected chi connectivity index (χ4v) is 4.73. The number of rotatable bonds is 7. The Bertz CT molecular complexity index is 1000. The number of benzene rings is 1. The summed E-state index contributed by atoms with van der Waals surface area (Å²) in [6.07, 6.45) is 0.446. The number of halogens is 2. The topological polar surface area (TPSA) is 88.4 Å². The summed E-state index contributed by atoms with van der Waals surface area (Å²) in [5.74, 6) is -3.52. The third-order valence-corrected chi connectivity index (χ3v) is 7.42. The fourth-order valence-electron chi connectivity index (χ4n) is 2.93. The van der Waals surface area contributed by atoms with Crippen LogP contribution in [0.15, 0.2) is 34.2 Å². The first-order valence-corrected chi connectivity index (χ1v) is 15.3. The van der Waals surface area contributed by atoms with Gasteiger partial charge in [0.15, 0.2) is 16.8 Å². The second-order valence-corrected chi connectivity index (χ2v) is 16.9. The van der Waals surface area contributed by atoms with Gasteiger partial charge in [0.25, 0.3) is 0 Å². The molecule has 2 rings (SSSR count). The van der Waals surface area contributed by atoms with Crippen LogP contribution in [0.3, 0.4) is 0 Å². The molecule has 1 unspecified atom stereocenters. The number of nitrogens with zero attached hydrogens (tertiary/aromatic N) is 2. The van der Waals surface area contributed by atoms with E-state index in [1.807, 2.05) is 0 Å². The lowest BCUT2D eigenvalue weighted by molar-refractivity contribution is -0.131. The van der Waals surface area contributed by atoms with E-state index in [1.54, 1.807) is 20.8 Å². The van der Waals surface area contributed by atoms with Crippen LogP contribution in [-0.4, -0.2) is 54.2 Å². The number of amidine groups is 1. The van der Waals surface area contributed by atoms with Gasteiger partial charge in [-0.15, -0.1) is 0 Å². The largest absolute Gasteiger partial charge is 0.477 e. The zero-order valence-electron chi connectivity index (χ0n) is 20.6. The molecule has 0 saturated carbocycles. The standard InChI is InChI=1S/C23H32F2N2O5SSi/c1-22(2,3)32-21(30)27(14-31-11-12-34(5,6)7)20-26-23(4,13-17(33-20)19(28)29)15-9-8-10-16(24)18(15)25/h8-10,13H,11-12,14H2,1-7H3,(H,28,29). The Morgan fingerprint density at radius 2 is 1.88 bits per heavy atom. The van der Waals surface area contributed by atoms with Crippen molar-refractivity contribution >= 4 is 37.1 Å². The van der Waals surface area contributed by atoms with Gasteiger partial charge in [-0.3, -0.25) is 0 Å². The van der Waals surface area contributed by atoms with Crippen LogP contribution in [0.5, 0.6) is 0 Å². The Labute approximate surface area is 204 Å². The molecule has 1 atom stereocenters. The van der Waals surface area contributed by atoms with Crippen LogP contribution in [0.25, 0.3) is 0 Å². The maximum atomic E-state index is 14.7. The van der Waals surface area contributed by atoms with Crippen molar-refractivity contribution in [3.05, 3.63) is 46.4 Å². The van der Waals surface area contributed by atoms with E-state index in [0.717, 1.165) is 28.8 Å². The summed E-state index contributed by atoms with van der Waals surface area (Å²) in [6, 6.07) is 4.45. The fraction of sp³-hybridized carbons (Fsp3) is 0.522. The van der Waals surface area contributed by atoms with E-state index in [9.17, 15) is 23.5 Å². The van der Waals surface area contributed by atoms with Crippen LogP contribution in [0, 0.1) is 11.6 Å². The molecule has 7 nitrogen and oxygen atoms in total. The van der Waals surface area contributed by atoms with Gasteiger partial charge in [0, 0.05) is 20.2 Å². The lowest BCUT2D eigenvalue weighted by atomic mass is 9.91. The van der Waals surface area contributed by atoms with Gasteiger partial charge in [-0.25, -0.2) is 28.3 Å². The smallest absolute Gasteiger partial charge is 0.418 e. The monoisotopic (exact) mass is 514 g/mol. The van der Waals surface area contributed by atoms with Crippen LogP contribution in [-0.2, 0) is 19.8 Å². The zero-order chi connectivity index (χ0) is 25.9. The Morgan fingerprint density at radius 3 is 2.44 bits per heavy atom. The molecule has 0 saturated heterocycles. The summed E-state index contributed by atoms with van der Waals surface area (Å²) >= 11 is 0.722. The Morgan fingerprint density at radius 1 is 1.24 bits per heavy atom. The first kappa shape index (κ1) is 28.0. The molecule has 11 heteroatoms. The molecular formula is C23H32F2N2O5SSi. The SMILES string of the molecule is CC(C)(C)OC(=O)N(COCC[Si](C)(C)C)C1=NC(C)(c2cccc(F)c2F)C=C(C(=O)O)S1. The third kappa shape index (κ3) is 7.64. The first-order valence-electron chi connectivity index (χ1n) is 10.8. The van der Waals surface area contributed by atoms with E-state index < -0.39 is 42.9 Å². The molecule has 0 spiro atoms. The Kier molecular flexibility index (Phi) is 8.70. The minimum atomic E-state index is -1.58. The Balaban J connectivity index is 2.50. The predicted octanol–water partition coefficient (Wildman–Crippen LogP) is 5.80. The maximum absolute atomic E-state index is 14.7. The number of amides is 1. The van der Waals surface area contributed by atoms with Crippen molar-refractivity contribution in [2.24, 2.45) is 4.99 Å². The molecular weight excluding hydrogens is 482 g/mol. The highest BCUT2D eigenvalue weighted by Gasteiger charge is 2.38. The van der Waals surface area contributed by atoms with Gasteiger partial charge in [-0.05, 0) is 57.6 Å². The van der Waals surface area contributed by atoms with E-state index in [2.05, 4.69) is 24.6 Å². The molecule has 1 aromatic rings. The number of hydrogen-bond acceptors (Lipinski definition) is 6. The second-order valence-electron chi connectivity index (χ2n) is 10.3. The summed E-state index contributed by atoms with van der Waals surface area (Å²) in [6.45, 7) is 13.3. The number of aliphatic carboxylic acids is 1. The minimum absolute atomic E-state index is 0.0479. The van der Waals surface area contributed by atoms with Gasteiger partial charge in [0.05, 0.1) is 4.91 Å². The van der Waals surface area contributed by atoms with Crippen LogP contribution in [0.4, 0.5) is 13.6 Å². The van der Waals surface area contributed by atoms with Gasteiger partial charge < -0.3 is 14.6 Å². The molecule has 1 amide bonds. The van der Waals surface area contributed by atoms with E-state index in [0.29, 0.717) is 6.61 Å². The second kappa shape index (κ2) is 10.6. The summed E-state index contributed by atoms with van der Waals surface area (Å²) in [5, 5.41) is 9.65. The summed E-state index contributed by atoms with van der Waals surface area (Å²) in [4.78, 5) is 30.3.